The molecule has 0 aliphatic heterocycles. The molecule has 3 saturated carbocycles. The molecule has 2 bridgehead atoms. The number of carboxylic acid groups (broad SMARTS) is 1. The van der Waals surface area contributed by atoms with E-state index in [1.54, 1.807) is 0 Å². The van der Waals surface area contributed by atoms with Gasteiger partial charge in [0, 0.05) is 19.3 Å². The van der Waals surface area contributed by atoms with Gasteiger partial charge < -0.3 is 9.84 Å². The minimum atomic E-state index is -0.756. The van der Waals surface area contributed by atoms with Crippen molar-refractivity contribution in [1.82, 2.24) is 0 Å². The van der Waals surface area contributed by atoms with E-state index in [4.69, 9.17) is 9.84 Å². The molecule has 4 nitrogen and oxygen atoms in total. The van der Waals surface area contributed by atoms with E-state index < -0.39 is 11.4 Å². The second-order valence-electron chi connectivity index (χ2n) is 3.51. The summed E-state index contributed by atoms with van der Waals surface area (Å²) < 4.78 is 4.76. The second-order valence-corrected chi connectivity index (χ2v) is 3.51. The molecule has 1 N–H and O–H groups in total. The van der Waals surface area contributed by atoms with Crippen molar-refractivity contribution >= 4 is 12.4 Å². The van der Waals surface area contributed by atoms with Crippen LogP contribution in [0.1, 0.15) is 19.3 Å². The number of ether oxygens (including phenoxy) is 1. The molecule has 0 atom stereocenters. The summed E-state index contributed by atoms with van der Waals surface area (Å²) in [4.78, 5) is 20.5. The molecular weight excluding hydrogens is 148 g/mol. The van der Waals surface area contributed by atoms with Gasteiger partial charge in [-0.2, -0.15) is 0 Å². The maximum atomic E-state index is 10.5. The molecule has 3 aliphatic rings. The zero-order valence-corrected chi connectivity index (χ0v) is 5.87. The van der Waals surface area contributed by atoms with Crippen molar-refractivity contribution in [3.8, 4) is 0 Å². The first-order valence-electron chi connectivity index (χ1n) is 3.47. The number of rotatable bonds is 3. The van der Waals surface area contributed by atoms with E-state index >= 15 is 0 Å². The number of carbonyl (C=O) groups excluding carboxylic acids is 1. The Hall–Kier alpha value is -1.06. The van der Waals surface area contributed by atoms with Crippen LogP contribution in [0.2, 0.25) is 0 Å². The Morgan fingerprint density at radius 2 is 2.00 bits per heavy atom. The average Bonchev–Trinajstić information content (AvgIpc) is 1.73. The largest absolute Gasteiger partial charge is 0.481 e. The summed E-state index contributed by atoms with van der Waals surface area (Å²) in [6.07, 6.45) is 1.52. The minimum absolute atomic E-state index is 0.389. The van der Waals surface area contributed by atoms with Crippen LogP contribution in [-0.2, 0) is 14.3 Å². The number of carbonyl (C=O) groups is 2. The lowest BCUT2D eigenvalue weighted by Crippen LogP contribution is -2.71. The van der Waals surface area contributed by atoms with Gasteiger partial charge in [0.25, 0.3) is 6.47 Å². The predicted octanol–water partition coefficient (Wildman–Crippen LogP) is 0.167. The smallest absolute Gasteiger partial charge is 0.310 e. The zero-order valence-electron chi connectivity index (χ0n) is 5.87. The molecule has 3 fully saturated rings. The van der Waals surface area contributed by atoms with E-state index in [9.17, 15) is 9.59 Å². The predicted molar refractivity (Wildman–Crippen MR) is 33.8 cm³/mol. The first-order chi connectivity index (χ1) is 5.13. The first-order valence-corrected chi connectivity index (χ1v) is 3.47. The molecule has 0 amide bonds. The lowest BCUT2D eigenvalue weighted by molar-refractivity contribution is -0.265. The van der Waals surface area contributed by atoms with Crippen molar-refractivity contribution in [3.63, 3.8) is 0 Å². The van der Waals surface area contributed by atoms with E-state index in [0.717, 1.165) is 0 Å². The summed E-state index contributed by atoms with van der Waals surface area (Å²) in [6, 6.07) is 0. The fourth-order valence-electron chi connectivity index (χ4n) is 2.15. The Morgan fingerprint density at radius 3 is 2.36 bits per heavy atom. The van der Waals surface area contributed by atoms with Crippen molar-refractivity contribution in [1.29, 1.82) is 0 Å². The van der Waals surface area contributed by atoms with Gasteiger partial charge in [-0.15, -0.1) is 0 Å². The molecule has 60 valence electrons. The molecule has 0 aromatic carbocycles. The number of carboxylic acids is 1. The van der Waals surface area contributed by atoms with Crippen LogP contribution in [0, 0.1) is 5.41 Å². The quantitative estimate of drug-likeness (QED) is 0.591. The van der Waals surface area contributed by atoms with E-state index in [-0.39, 0.29) is 5.60 Å². The lowest BCUT2D eigenvalue weighted by Gasteiger charge is -2.65. The van der Waals surface area contributed by atoms with Crippen LogP contribution in [-0.4, -0.2) is 23.1 Å². The highest BCUT2D eigenvalue weighted by Crippen LogP contribution is 2.68. The van der Waals surface area contributed by atoms with E-state index in [2.05, 4.69) is 0 Å². The average molecular weight is 156 g/mol. The van der Waals surface area contributed by atoms with Crippen LogP contribution in [0.15, 0.2) is 0 Å². The summed E-state index contributed by atoms with van der Waals surface area (Å²) >= 11 is 0. The highest BCUT2D eigenvalue weighted by molar-refractivity contribution is 5.80. The number of hydrogen-bond donors (Lipinski definition) is 1. The number of hydrogen-bond acceptors (Lipinski definition) is 3. The molecule has 0 radical (unpaired) electrons. The summed E-state index contributed by atoms with van der Waals surface area (Å²) in [5.74, 6) is -0.756. The van der Waals surface area contributed by atoms with Crippen LogP contribution in [0.3, 0.4) is 0 Å². The van der Waals surface area contributed by atoms with Crippen molar-refractivity contribution in [2.45, 2.75) is 24.9 Å². The van der Waals surface area contributed by atoms with Gasteiger partial charge in [0.15, 0.2) is 0 Å². The van der Waals surface area contributed by atoms with Crippen molar-refractivity contribution in [2.75, 3.05) is 0 Å². The van der Waals surface area contributed by atoms with Gasteiger partial charge in [-0.1, -0.05) is 0 Å². The summed E-state index contributed by atoms with van der Waals surface area (Å²) in [6.45, 7) is 0.408. The first kappa shape index (κ1) is 6.64. The van der Waals surface area contributed by atoms with E-state index in [1.807, 2.05) is 0 Å². The summed E-state index contributed by atoms with van der Waals surface area (Å²) in [5, 5.41) is 8.67. The highest BCUT2D eigenvalue weighted by Gasteiger charge is 2.74. The molecule has 0 unspecified atom stereocenters. The standard InChI is InChI=1S/C7H8O4/c8-4-11-7-1-6(2-7,3-7)5(9)10/h4H,1-3H2,(H,9,10). The Morgan fingerprint density at radius 1 is 1.45 bits per heavy atom. The fourth-order valence-corrected chi connectivity index (χ4v) is 2.15. The molecule has 0 aromatic rings. The molecule has 3 rings (SSSR count). The Labute approximate surface area is 63.1 Å². The fraction of sp³-hybridized carbons (Fsp3) is 0.714. The summed E-state index contributed by atoms with van der Waals surface area (Å²) in [5.41, 5.74) is -0.927. The minimum Gasteiger partial charge on any atom is -0.481 e. The third kappa shape index (κ3) is 0.593. The third-order valence-corrected chi connectivity index (χ3v) is 2.73. The van der Waals surface area contributed by atoms with Gasteiger partial charge >= 0.3 is 5.97 Å². The van der Waals surface area contributed by atoms with Crippen molar-refractivity contribution < 1.29 is 19.4 Å². The molecule has 0 spiro atoms. The molecule has 4 heteroatoms. The Bertz CT molecular complexity index is 213. The van der Waals surface area contributed by atoms with E-state index in [0.29, 0.717) is 25.7 Å². The van der Waals surface area contributed by atoms with Gasteiger partial charge in [-0.05, 0) is 0 Å². The molecular formula is C7H8O4. The van der Waals surface area contributed by atoms with Crippen LogP contribution in [0.5, 0.6) is 0 Å². The van der Waals surface area contributed by atoms with Crippen molar-refractivity contribution in [3.05, 3.63) is 0 Å². The van der Waals surface area contributed by atoms with Crippen LogP contribution < -0.4 is 0 Å². The molecule has 0 aromatic heterocycles. The maximum absolute atomic E-state index is 10.5. The summed E-state index contributed by atoms with van der Waals surface area (Å²) in [7, 11) is 0. The Kier molecular flexibility index (Phi) is 0.948. The van der Waals surface area contributed by atoms with Gasteiger partial charge in [0.1, 0.15) is 5.60 Å². The van der Waals surface area contributed by atoms with Crippen molar-refractivity contribution in [2.24, 2.45) is 5.41 Å². The molecule has 11 heavy (non-hydrogen) atoms. The van der Waals surface area contributed by atoms with Crippen LogP contribution in [0.4, 0.5) is 0 Å². The van der Waals surface area contributed by atoms with E-state index in [1.165, 1.54) is 0 Å². The van der Waals surface area contributed by atoms with Gasteiger partial charge in [-0.3, -0.25) is 9.59 Å². The molecule has 3 aliphatic carbocycles. The Balaban J connectivity index is 1.98. The molecule has 0 saturated heterocycles. The number of aliphatic carboxylic acids is 1. The van der Waals surface area contributed by atoms with Gasteiger partial charge in [-0.25, -0.2) is 0 Å². The lowest BCUT2D eigenvalue weighted by atomic mass is 9.41. The highest BCUT2D eigenvalue weighted by atomic mass is 16.5. The molecule has 0 heterocycles. The topological polar surface area (TPSA) is 63.6 Å². The van der Waals surface area contributed by atoms with Crippen LogP contribution in [0.25, 0.3) is 0 Å². The van der Waals surface area contributed by atoms with Gasteiger partial charge in [0.2, 0.25) is 0 Å². The third-order valence-electron chi connectivity index (χ3n) is 2.73. The monoisotopic (exact) mass is 156 g/mol. The zero-order chi connectivity index (χ0) is 8.11. The normalized spacial score (nSPS) is 45.1. The second kappa shape index (κ2) is 1.57. The SMILES string of the molecule is O=COC12CC(C(=O)O)(C1)C2. The van der Waals surface area contributed by atoms with Crippen LogP contribution >= 0.6 is 0 Å². The maximum Gasteiger partial charge on any atom is 0.310 e. The van der Waals surface area contributed by atoms with Gasteiger partial charge in [0.05, 0.1) is 5.41 Å².